The van der Waals surface area contributed by atoms with Crippen molar-refractivity contribution < 1.29 is 9.90 Å². The van der Waals surface area contributed by atoms with Crippen molar-refractivity contribution in [3.63, 3.8) is 0 Å². The van der Waals surface area contributed by atoms with E-state index >= 15 is 0 Å². The molecule has 90 valence electrons. The quantitative estimate of drug-likeness (QED) is 0.785. The van der Waals surface area contributed by atoms with Gasteiger partial charge in [0.05, 0.1) is 6.20 Å². The SMILES string of the molecule is Cc1c(CN(C)CCCC(=O)O)cnn1C. The van der Waals surface area contributed by atoms with Crippen LogP contribution in [0.1, 0.15) is 24.1 Å². The predicted octanol–water partition coefficient (Wildman–Crippen LogP) is 1.03. The van der Waals surface area contributed by atoms with Gasteiger partial charge >= 0.3 is 5.97 Å². The zero-order valence-corrected chi connectivity index (χ0v) is 10.1. The van der Waals surface area contributed by atoms with Gasteiger partial charge in [-0.25, -0.2) is 0 Å². The van der Waals surface area contributed by atoms with Gasteiger partial charge in [-0.05, 0) is 26.9 Å². The van der Waals surface area contributed by atoms with Gasteiger partial charge in [-0.3, -0.25) is 9.48 Å². The molecule has 0 radical (unpaired) electrons. The summed E-state index contributed by atoms with van der Waals surface area (Å²) in [5, 5.41) is 12.7. The Morgan fingerprint density at radius 1 is 1.62 bits per heavy atom. The minimum atomic E-state index is -0.731. The molecule has 0 bridgehead atoms. The number of carbonyl (C=O) groups is 1. The summed E-state index contributed by atoms with van der Waals surface area (Å²) in [7, 11) is 3.91. The first kappa shape index (κ1) is 12.7. The Hall–Kier alpha value is -1.36. The number of aryl methyl sites for hydroxylation is 1. The van der Waals surface area contributed by atoms with E-state index in [1.165, 1.54) is 5.56 Å². The molecule has 0 atom stereocenters. The lowest BCUT2D eigenvalue weighted by Gasteiger charge is -2.15. The van der Waals surface area contributed by atoms with Crippen LogP contribution >= 0.6 is 0 Å². The topological polar surface area (TPSA) is 58.4 Å². The summed E-state index contributed by atoms with van der Waals surface area (Å²) < 4.78 is 1.85. The van der Waals surface area contributed by atoms with Crippen LogP contribution in [0.4, 0.5) is 0 Å². The van der Waals surface area contributed by atoms with E-state index < -0.39 is 5.97 Å². The maximum Gasteiger partial charge on any atom is 0.303 e. The molecule has 0 amide bonds. The van der Waals surface area contributed by atoms with Gasteiger partial charge in [0.25, 0.3) is 0 Å². The number of aromatic nitrogens is 2. The minimum Gasteiger partial charge on any atom is -0.481 e. The molecule has 16 heavy (non-hydrogen) atoms. The first-order valence-electron chi connectivity index (χ1n) is 5.38. The average Bonchev–Trinajstić information content (AvgIpc) is 2.49. The van der Waals surface area contributed by atoms with Gasteiger partial charge in [0.15, 0.2) is 0 Å². The Labute approximate surface area is 95.7 Å². The highest BCUT2D eigenvalue weighted by Gasteiger charge is 2.07. The number of hydrogen-bond donors (Lipinski definition) is 1. The molecule has 1 heterocycles. The van der Waals surface area contributed by atoms with Crippen LogP contribution in [0.2, 0.25) is 0 Å². The van der Waals surface area contributed by atoms with Gasteiger partial charge in [0, 0.05) is 31.3 Å². The third kappa shape index (κ3) is 3.66. The lowest BCUT2D eigenvalue weighted by molar-refractivity contribution is -0.137. The molecule has 0 aliphatic carbocycles. The van der Waals surface area contributed by atoms with Gasteiger partial charge in [-0.1, -0.05) is 0 Å². The van der Waals surface area contributed by atoms with Crippen LogP contribution in [0.25, 0.3) is 0 Å². The Morgan fingerprint density at radius 3 is 2.81 bits per heavy atom. The molecule has 0 saturated heterocycles. The fraction of sp³-hybridized carbons (Fsp3) is 0.636. The molecule has 0 aromatic carbocycles. The smallest absolute Gasteiger partial charge is 0.303 e. The Kier molecular flexibility index (Phi) is 4.49. The molecule has 1 aromatic rings. The molecule has 0 spiro atoms. The number of nitrogens with zero attached hydrogens (tertiary/aromatic N) is 3. The van der Waals surface area contributed by atoms with Crippen molar-refractivity contribution in [2.24, 2.45) is 7.05 Å². The summed E-state index contributed by atoms with van der Waals surface area (Å²) in [4.78, 5) is 12.5. The Balaban J connectivity index is 2.37. The molecular weight excluding hydrogens is 206 g/mol. The van der Waals surface area contributed by atoms with E-state index in [4.69, 9.17) is 5.11 Å². The van der Waals surface area contributed by atoms with Gasteiger partial charge in [-0.2, -0.15) is 5.10 Å². The molecule has 1 N–H and O–H groups in total. The van der Waals surface area contributed by atoms with E-state index in [0.29, 0.717) is 6.42 Å². The number of carboxylic acid groups (broad SMARTS) is 1. The van der Waals surface area contributed by atoms with Crippen LogP contribution in [0.5, 0.6) is 0 Å². The third-order valence-corrected chi connectivity index (χ3v) is 2.71. The van der Waals surface area contributed by atoms with E-state index in [1.54, 1.807) is 0 Å². The normalized spacial score (nSPS) is 11.0. The third-order valence-electron chi connectivity index (χ3n) is 2.71. The minimum absolute atomic E-state index is 0.233. The van der Waals surface area contributed by atoms with Crippen molar-refractivity contribution in [3.05, 3.63) is 17.5 Å². The van der Waals surface area contributed by atoms with Crippen LogP contribution < -0.4 is 0 Å². The van der Waals surface area contributed by atoms with E-state index in [9.17, 15) is 4.79 Å². The van der Waals surface area contributed by atoms with Crippen molar-refractivity contribution in [1.82, 2.24) is 14.7 Å². The van der Waals surface area contributed by atoms with Crippen LogP contribution in [-0.4, -0.2) is 39.3 Å². The maximum absolute atomic E-state index is 10.4. The van der Waals surface area contributed by atoms with E-state index in [1.807, 2.05) is 31.9 Å². The predicted molar refractivity (Wildman–Crippen MR) is 61.1 cm³/mol. The molecule has 0 aliphatic heterocycles. The Morgan fingerprint density at radius 2 is 2.31 bits per heavy atom. The number of rotatable bonds is 6. The molecule has 0 fully saturated rings. The molecule has 0 saturated carbocycles. The lowest BCUT2D eigenvalue weighted by atomic mass is 10.2. The van der Waals surface area contributed by atoms with Crippen molar-refractivity contribution >= 4 is 5.97 Å². The number of carboxylic acids is 1. The molecule has 1 aromatic heterocycles. The van der Waals surface area contributed by atoms with Crippen molar-refractivity contribution in [2.45, 2.75) is 26.3 Å². The van der Waals surface area contributed by atoms with Gasteiger partial charge in [0.2, 0.25) is 0 Å². The van der Waals surface area contributed by atoms with Crippen molar-refractivity contribution in [3.8, 4) is 0 Å². The molecule has 0 unspecified atom stereocenters. The van der Waals surface area contributed by atoms with Gasteiger partial charge in [0.1, 0.15) is 0 Å². The van der Waals surface area contributed by atoms with E-state index in [0.717, 1.165) is 18.8 Å². The fourth-order valence-corrected chi connectivity index (χ4v) is 1.57. The first-order chi connectivity index (χ1) is 7.50. The second-order valence-electron chi connectivity index (χ2n) is 4.11. The van der Waals surface area contributed by atoms with E-state index in [-0.39, 0.29) is 6.42 Å². The lowest BCUT2D eigenvalue weighted by Crippen LogP contribution is -2.20. The number of hydrogen-bond acceptors (Lipinski definition) is 3. The van der Waals surface area contributed by atoms with Crippen LogP contribution in [-0.2, 0) is 18.4 Å². The second kappa shape index (κ2) is 5.65. The molecule has 5 heteroatoms. The monoisotopic (exact) mass is 225 g/mol. The number of aliphatic carboxylic acids is 1. The molecule has 5 nitrogen and oxygen atoms in total. The summed E-state index contributed by atoms with van der Waals surface area (Å²) >= 11 is 0. The zero-order chi connectivity index (χ0) is 12.1. The zero-order valence-electron chi connectivity index (χ0n) is 10.1. The highest BCUT2D eigenvalue weighted by Crippen LogP contribution is 2.08. The van der Waals surface area contributed by atoms with Crippen LogP contribution in [0.3, 0.4) is 0 Å². The summed E-state index contributed by atoms with van der Waals surface area (Å²) in [6.45, 7) is 3.65. The van der Waals surface area contributed by atoms with Crippen molar-refractivity contribution in [1.29, 1.82) is 0 Å². The first-order valence-corrected chi connectivity index (χ1v) is 5.38. The highest BCUT2D eigenvalue weighted by molar-refractivity contribution is 5.66. The standard InChI is InChI=1S/C11H19N3O2/c1-9-10(7-12-14(9)3)8-13(2)6-4-5-11(15)16/h7H,4-6,8H2,1-3H3,(H,15,16). The maximum atomic E-state index is 10.4. The summed E-state index contributed by atoms with van der Waals surface area (Å²) in [6, 6.07) is 0. The van der Waals surface area contributed by atoms with Gasteiger partial charge in [-0.15, -0.1) is 0 Å². The summed E-state index contributed by atoms with van der Waals surface area (Å²) in [5.74, 6) is -0.731. The fourth-order valence-electron chi connectivity index (χ4n) is 1.57. The largest absolute Gasteiger partial charge is 0.481 e. The second-order valence-corrected chi connectivity index (χ2v) is 4.11. The van der Waals surface area contributed by atoms with E-state index in [2.05, 4.69) is 10.00 Å². The molecule has 1 rings (SSSR count). The summed E-state index contributed by atoms with van der Waals surface area (Å²) in [5.41, 5.74) is 2.35. The highest BCUT2D eigenvalue weighted by atomic mass is 16.4. The molecule has 0 aliphatic rings. The average molecular weight is 225 g/mol. The van der Waals surface area contributed by atoms with Gasteiger partial charge < -0.3 is 10.0 Å². The summed E-state index contributed by atoms with van der Waals surface area (Å²) in [6.07, 6.45) is 2.78. The van der Waals surface area contributed by atoms with Crippen LogP contribution in [0.15, 0.2) is 6.20 Å². The van der Waals surface area contributed by atoms with Crippen LogP contribution in [0, 0.1) is 6.92 Å². The molecular formula is C11H19N3O2. The van der Waals surface area contributed by atoms with Crippen molar-refractivity contribution in [2.75, 3.05) is 13.6 Å². The Bertz CT molecular complexity index is 360.